The van der Waals surface area contributed by atoms with Crippen molar-refractivity contribution in [1.29, 1.82) is 0 Å². The number of carbonyl (C=O) groups excluding carboxylic acids is 8. The van der Waals surface area contributed by atoms with Gasteiger partial charge in [-0.3, -0.25) is 53.4 Å². The molecule has 0 bridgehead atoms. The lowest BCUT2D eigenvalue weighted by molar-refractivity contribution is -0.137. The van der Waals surface area contributed by atoms with Crippen molar-refractivity contribution in [2.75, 3.05) is 32.6 Å². The van der Waals surface area contributed by atoms with Gasteiger partial charge in [0, 0.05) is 87.3 Å². The molecule has 8 amide bonds. The van der Waals surface area contributed by atoms with Crippen LogP contribution in [0.4, 0.5) is 21.9 Å². The van der Waals surface area contributed by atoms with E-state index in [0.29, 0.717) is 108 Å². The van der Waals surface area contributed by atoms with E-state index in [9.17, 15) is 38.4 Å². The van der Waals surface area contributed by atoms with Crippen molar-refractivity contribution in [2.45, 2.75) is 116 Å². The van der Waals surface area contributed by atoms with E-state index >= 15 is 0 Å². The van der Waals surface area contributed by atoms with E-state index in [-0.39, 0.29) is 93.5 Å². The summed E-state index contributed by atoms with van der Waals surface area (Å²) in [5.74, 6) is -1.72. The normalized spacial score (nSPS) is 17.0. The highest BCUT2D eigenvalue weighted by Crippen LogP contribution is 2.41. The highest BCUT2D eigenvalue weighted by molar-refractivity contribution is 6.13. The van der Waals surface area contributed by atoms with E-state index < -0.39 is 35.8 Å². The summed E-state index contributed by atoms with van der Waals surface area (Å²) < 4.78 is 24.1. The Bertz CT molecular complexity index is 3600. The molecule has 10 rings (SSSR count). The average molecular weight is 1180 g/mol. The number of Topliss-reactive ketones (excluding diaryl/α,β-unsaturated/α-hetero) is 1. The number of hydrogen-bond acceptors (Lipinski definition) is 15. The summed E-state index contributed by atoms with van der Waals surface area (Å²) in [6.07, 6.45) is 9.48. The number of imide groups is 1. The van der Waals surface area contributed by atoms with Gasteiger partial charge >= 0.3 is 6.03 Å². The lowest BCUT2D eigenvalue weighted by Gasteiger charge is -2.34. The molecular weight excluding hydrogens is 1110 g/mol. The number of nitrogens with zero attached hydrogens (tertiary/aromatic N) is 6. The molecule has 0 spiro atoms. The molecule has 452 valence electrons. The molecule has 0 radical (unpaired) electrons. The van der Waals surface area contributed by atoms with Gasteiger partial charge in [0.05, 0.1) is 60.2 Å². The number of primary amides is 1. The van der Waals surface area contributed by atoms with E-state index in [1.54, 1.807) is 47.5 Å². The Hall–Kier alpha value is -9.73. The zero-order chi connectivity index (χ0) is 61.3. The molecule has 0 saturated heterocycles. The van der Waals surface area contributed by atoms with Crippen LogP contribution in [0.5, 0.6) is 23.0 Å². The van der Waals surface area contributed by atoms with Crippen LogP contribution in [0.2, 0.25) is 0 Å². The van der Waals surface area contributed by atoms with Gasteiger partial charge in [0.1, 0.15) is 25.0 Å². The largest absolute Gasteiger partial charge is 0.493 e. The topological polar surface area (TPSA) is 283 Å². The van der Waals surface area contributed by atoms with E-state index in [4.69, 9.17) is 39.6 Å². The fraction of sp³-hybridized carbons (Fsp3) is 0.369. The van der Waals surface area contributed by atoms with Crippen LogP contribution in [0.3, 0.4) is 0 Å². The number of nitrogens with one attached hydrogen (secondary N) is 3. The first-order valence-electron chi connectivity index (χ1n) is 29.3. The Labute approximate surface area is 503 Å². The molecule has 0 fully saturated rings. The number of pyridine rings is 1. The molecule has 5 N–H and O–H groups in total. The third-order valence-corrected chi connectivity index (χ3v) is 16.3. The SMILES string of the molecule is COc1cc2c(cc1OCc1cccc(COc3cc4c(cc3OC)C(=O)N3Cc5cc(NC(=O)[C@H](CCCNC(N)=O)NC(=O)[C@@H](CC(=O)CCCCCN6C(=O)C=CC6=O)C(C)C)ccc5C[C@H]3C=N4)n1)N=C[C@@H]1Cc3ccccc3CN1C2=O. The van der Waals surface area contributed by atoms with Crippen LogP contribution in [-0.4, -0.2) is 125 Å². The number of ketones is 1. The highest BCUT2D eigenvalue weighted by Gasteiger charge is 2.36. The summed E-state index contributed by atoms with van der Waals surface area (Å²) in [7, 11) is 3.01. The van der Waals surface area contributed by atoms with Gasteiger partial charge in [-0.25, -0.2) is 4.79 Å². The molecule has 5 aliphatic heterocycles. The fourth-order valence-electron chi connectivity index (χ4n) is 11.5. The number of unbranched alkanes of at least 4 members (excludes halogenated alkanes) is 2. The molecule has 4 aromatic carbocycles. The van der Waals surface area contributed by atoms with E-state index in [1.807, 2.05) is 61.4 Å². The third-order valence-electron chi connectivity index (χ3n) is 16.3. The van der Waals surface area contributed by atoms with Crippen molar-refractivity contribution in [3.05, 3.63) is 142 Å². The number of nitrogens with two attached hydrogens (primary N) is 1. The van der Waals surface area contributed by atoms with Crippen LogP contribution in [0.15, 0.2) is 107 Å². The number of urea groups is 1. The molecule has 5 aliphatic rings. The quantitative estimate of drug-likeness (QED) is 0.0328. The van der Waals surface area contributed by atoms with Crippen LogP contribution in [0, 0.1) is 11.8 Å². The molecule has 0 saturated carbocycles. The predicted octanol–water partition coefficient (Wildman–Crippen LogP) is 7.41. The van der Waals surface area contributed by atoms with Crippen molar-refractivity contribution in [2.24, 2.45) is 27.6 Å². The van der Waals surface area contributed by atoms with Gasteiger partial charge in [-0.1, -0.05) is 56.7 Å². The van der Waals surface area contributed by atoms with Crippen LogP contribution in [0.1, 0.15) is 113 Å². The zero-order valence-electron chi connectivity index (χ0n) is 49.0. The van der Waals surface area contributed by atoms with Crippen LogP contribution in [-0.2, 0) is 63.1 Å². The second kappa shape index (κ2) is 27.1. The summed E-state index contributed by atoms with van der Waals surface area (Å²) in [6.45, 7) is 4.90. The molecule has 5 aromatic rings. The van der Waals surface area contributed by atoms with Crippen molar-refractivity contribution >= 4 is 76.7 Å². The Morgan fingerprint density at radius 2 is 1.24 bits per heavy atom. The first kappa shape index (κ1) is 60.4. The Morgan fingerprint density at radius 1 is 0.655 bits per heavy atom. The minimum absolute atomic E-state index is 0.0357. The van der Waals surface area contributed by atoms with Crippen LogP contribution in [0.25, 0.3) is 0 Å². The monoisotopic (exact) mass is 1180 g/mol. The van der Waals surface area contributed by atoms with Gasteiger partial charge in [-0.05, 0) is 103 Å². The number of anilines is 1. The lowest BCUT2D eigenvalue weighted by atomic mass is 9.88. The maximum absolute atomic E-state index is 14.5. The van der Waals surface area contributed by atoms with Crippen molar-refractivity contribution < 1.29 is 57.3 Å². The number of aliphatic imine (C=N–C) groups is 2. The maximum Gasteiger partial charge on any atom is 0.312 e. The first-order valence-corrected chi connectivity index (χ1v) is 29.3. The standard InChI is InChI=1S/C65H70N10O12/c1-38(2)49(27-48(76)16-6-5-9-23-73-59(77)20-21-60(73)78)61(79)72-52(17-11-22-67-65(66)83)62(80)71-43-19-18-40-26-47-33-69-54-31-58(56(85-4)29-51(54)64(82)75(47)35-42(40)24-43)87-37-45-15-10-14-44(70-45)36-86-57-30-53-50(28-55(57)84-3)63(81)74-34-41-13-8-7-12-39(41)25-46(74)32-68-53/h7-8,10,12-15,18-21,24,28-33,38,46-47,49,52H,5-6,9,11,16-17,22-23,25-27,34-37H2,1-4H3,(H,71,80)(H,72,79)(H3,66,67,83)/t46-,47-,49-,52-/m0/s1. The van der Waals surface area contributed by atoms with Crippen molar-refractivity contribution in [1.82, 2.24) is 30.3 Å². The first-order chi connectivity index (χ1) is 42.0. The summed E-state index contributed by atoms with van der Waals surface area (Å²) in [5.41, 5.74) is 12.6. The predicted molar refractivity (Wildman–Crippen MR) is 322 cm³/mol. The number of fused-ring (bicyclic) bond motifs is 6. The zero-order valence-corrected chi connectivity index (χ0v) is 49.0. The van der Waals surface area contributed by atoms with Gasteiger partial charge in [0.2, 0.25) is 11.8 Å². The van der Waals surface area contributed by atoms with E-state index in [2.05, 4.69) is 28.1 Å². The number of hydrogen-bond donors (Lipinski definition) is 4. The summed E-state index contributed by atoms with van der Waals surface area (Å²) >= 11 is 0. The molecule has 22 heteroatoms. The smallest absolute Gasteiger partial charge is 0.312 e. The number of amides is 8. The molecule has 0 aliphatic carbocycles. The molecular formula is C65H70N10O12. The third kappa shape index (κ3) is 14.2. The molecule has 4 atom stereocenters. The Kier molecular flexibility index (Phi) is 18.8. The molecule has 87 heavy (non-hydrogen) atoms. The summed E-state index contributed by atoms with van der Waals surface area (Å²) in [5, 5.41) is 8.34. The van der Waals surface area contributed by atoms with Gasteiger partial charge in [-0.2, -0.15) is 0 Å². The molecule has 22 nitrogen and oxygen atoms in total. The molecule has 0 unspecified atom stereocenters. The number of methoxy groups -OCH3 is 2. The van der Waals surface area contributed by atoms with Gasteiger partial charge < -0.3 is 50.4 Å². The minimum atomic E-state index is -1.05. The fourth-order valence-corrected chi connectivity index (χ4v) is 11.5. The number of benzene rings is 4. The maximum atomic E-state index is 14.5. The van der Waals surface area contributed by atoms with Crippen LogP contribution < -0.4 is 40.6 Å². The van der Waals surface area contributed by atoms with Crippen LogP contribution >= 0.6 is 0 Å². The second-order valence-electron chi connectivity index (χ2n) is 22.5. The number of ether oxygens (including phenoxy) is 4. The van der Waals surface area contributed by atoms with Crippen molar-refractivity contribution in [3.63, 3.8) is 0 Å². The number of aromatic nitrogens is 1. The van der Waals surface area contributed by atoms with Gasteiger partial charge in [0.25, 0.3) is 23.6 Å². The summed E-state index contributed by atoms with van der Waals surface area (Å²) in [6, 6.07) is 23.4. The average Bonchev–Trinajstić information content (AvgIpc) is 2.01. The molecule has 1 aromatic heterocycles. The number of carbonyl (C=O) groups is 8. The highest BCUT2D eigenvalue weighted by atomic mass is 16.5. The molecule has 6 heterocycles. The Morgan fingerprint density at radius 3 is 1.83 bits per heavy atom. The van der Waals surface area contributed by atoms with E-state index in [1.165, 1.54) is 31.9 Å². The minimum Gasteiger partial charge on any atom is -0.493 e. The lowest BCUT2D eigenvalue weighted by Crippen LogP contribution is -2.47. The van der Waals surface area contributed by atoms with Crippen molar-refractivity contribution in [3.8, 4) is 23.0 Å². The van der Waals surface area contributed by atoms with Gasteiger partial charge in [-0.15, -0.1) is 0 Å². The van der Waals surface area contributed by atoms with E-state index in [0.717, 1.165) is 21.6 Å². The number of rotatable bonds is 25. The van der Waals surface area contributed by atoms with Gasteiger partial charge in [0.15, 0.2) is 23.0 Å². The summed E-state index contributed by atoms with van der Waals surface area (Å²) in [4.78, 5) is 124. The Balaban J connectivity index is 0.754. The second-order valence-corrected chi connectivity index (χ2v) is 22.5.